The summed E-state index contributed by atoms with van der Waals surface area (Å²) in [7, 11) is -4.77. The Bertz CT molecular complexity index is 1000. The molecule has 3 rings (SSSR count). The third kappa shape index (κ3) is 5.93. The number of carbonyl (C=O) groups is 2. The Labute approximate surface area is 173 Å². The van der Waals surface area contributed by atoms with E-state index in [0.717, 1.165) is 25.0 Å². The van der Waals surface area contributed by atoms with Crippen molar-refractivity contribution in [2.75, 3.05) is 5.32 Å². The Balaban J connectivity index is 1.43. The highest BCUT2D eigenvalue weighted by Gasteiger charge is 2.24. The lowest BCUT2D eigenvalue weighted by molar-refractivity contribution is 0.0696. The summed E-state index contributed by atoms with van der Waals surface area (Å²) in [5.41, 5.74) is 0.545. The van der Waals surface area contributed by atoms with Crippen LogP contribution >= 0.6 is 0 Å². The van der Waals surface area contributed by atoms with Crippen LogP contribution in [0.5, 0.6) is 5.75 Å². The summed E-state index contributed by atoms with van der Waals surface area (Å²) in [6, 6.07) is 10.5. The van der Waals surface area contributed by atoms with E-state index in [1.54, 1.807) is 12.1 Å². The van der Waals surface area contributed by atoms with E-state index in [0.29, 0.717) is 24.3 Å². The fourth-order valence-corrected chi connectivity index (χ4v) is 3.71. The molecule has 0 spiro atoms. The Morgan fingerprint density at radius 2 is 1.57 bits per heavy atom. The molecule has 160 valence electrons. The molecule has 0 radical (unpaired) electrons. The molecule has 0 heterocycles. The number of benzene rings is 2. The van der Waals surface area contributed by atoms with E-state index in [1.165, 1.54) is 24.3 Å². The molecule has 8 nitrogen and oxygen atoms in total. The van der Waals surface area contributed by atoms with Crippen molar-refractivity contribution in [1.29, 1.82) is 0 Å². The van der Waals surface area contributed by atoms with Crippen LogP contribution in [0.4, 0.5) is 14.4 Å². The van der Waals surface area contributed by atoms with E-state index in [-0.39, 0.29) is 17.7 Å². The molecule has 0 aromatic heterocycles. The molecule has 0 atom stereocenters. The molecule has 1 fully saturated rings. The Kier molecular flexibility index (Phi) is 6.56. The normalized spacial score (nSPS) is 19.0. The lowest BCUT2D eigenvalue weighted by Gasteiger charge is -2.29. The van der Waals surface area contributed by atoms with Crippen LogP contribution in [0.15, 0.2) is 53.4 Å². The molecule has 1 aliphatic carbocycles. The van der Waals surface area contributed by atoms with Gasteiger partial charge in [0.15, 0.2) is 0 Å². The van der Waals surface area contributed by atoms with Crippen LogP contribution in [0.2, 0.25) is 0 Å². The lowest BCUT2D eigenvalue weighted by Crippen LogP contribution is -2.41. The standard InChI is InChI=1S/C20H21FN2O6S/c21-30(27,28)18-11-5-15(6-12-18)23-20(26)22-14-3-9-17(10-4-14)29-16-7-1-13(2-8-16)19(24)25/h1-2,5-8,11-12,14,17H,3-4,9-10H2,(H,24,25)(H2,22,23,26). The average Bonchev–Trinajstić information content (AvgIpc) is 2.69. The molecule has 2 aromatic rings. The molecule has 0 bridgehead atoms. The summed E-state index contributed by atoms with van der Waals surface area (Å²) in [6.07, 6.45) is 2.87. The number of rotatable bonds is 6. The predicted octanol–water partition coefficient (Wildman–Crippen LogP) is 3.55. The minimum Gasteiger partial charge on any atom is -0.490 e. The van der Waals surface area contributed by atoms with Crippen LogP contribution in [0.3, 0.4) is 0 Å². The maximum Gasteiger partial charge on any atom is 0.335 e. The number of carbonyl (C=O) groups excluding carboxylic acids is 1. The molecule has 30 heavy (non-hydrogen) atoms. The second kappa shape index (κ2) is 9.12. The van der Waals surface area contributed by atoms with Crippen molar-refractivity contribution in [3.05, 3.63) is 54.1 Å². The van der Waals surface area contributed by atoms with Gasteiger partial charge in [-0.15, -0.1) is 3.89 Å². The molecule has 3 N–H and O–H groups in total. The monoisotopic (exact) mass is 436 g/mol. The summed E-state index contributed by atoms with van der Waals surface area (Å²) in [5.74, 6) is -0.386. The summed E-state index contributed by atoms with van der Waals surface area (Å²) in [5, 5.41) is 14.4. The summed E-state index contributed by atoms with van der Waals surface area (Å²) in [6.45, 7) is 0. The molecule has 0 saturated heterocycles. The largest absolute Gasteiger partial charge is 0.490 e. The average molecular weight is 436 g/mol. The van der Waals surface area contributed by atoms with Gasteiger partial charge in [0.1, 0.15) is 5.75 Å². The van der Waals surface area contributed by atoms with Crippen molar-refractivity contribution in [2.24, 2.45) is 0 Å². The quantitative estimate of drug-likeness (QED) is 0.596. The Hall–Kier alpha value is -3.14. The van der Waals surface area contributed by atoms with Gasteiger partial charge in [0, 0.05) is 11.7 Å². The zero-order valence-electron chi connectivity index (χ0n) is 15.9. The second-order valence-corrected chi connectivity index (χ2v) is 8.33. The van der Waals surface area contributed by atoms with E-state index in [4.69, 9.17) is 9.84 Å². The first-order chi connectivity index (χ1) is 14.2. The first-order valence-electron chi connectivity index (χ1n) is 9.33. The molecular weight excluding hydrogens is 415 g/mol. The maximum absolute atomic E-state index is 12.9. The predicted molar refractivity (Wildman–Crippen MR) is 107 cm³/mol. The summed E-state index contributed by atoms with van der Waals surface area (Å²) in [4.78, 5) is 22.5. The minimum absolute atomic E-state index is 0.0167. The third-order valence-corrected chi connectivity index (χ3v) is 5.64. The second-order valence-electron chi connectivity index (χ2n) is 6.98. The van der Waals surface area contributed by atoms with Crippen molar-refractivity contribution in [3.8, 4) is 5.75 Å². The van der Waals surface area contributed by atoms with Crippen molar-refractivity contribution < 1.29 is 31.7 Å². The van der Waals surface area contributed by atoms with E-state index >= 15 is 0 Å². The number of nitrogens with one attached hydrogen (secondary N) is 2. The van der Waals surface area contributed by atoms with Crippen LogP contribution in [-0.4, -0.2) is 37.7 Å². The summed E-state index contributed by atoms with van der Waals surface area (Å²) >= 11 is 0. The van der Waals surface area contributed by atoms with Crippen LogP contribution in [0.1, 0.15) is 36.0 Å². The number of hydrogen-bond acceptors (Lipinski definition) is 5. The van der Waals surface area contributed by atoms with Crippen LogP contribution in [0, 0.1) is 0 Å². The zero-order chi connectivity index (χ0) is 21.7. The van der Waals surface area contributed by atoms with Gasteiger partial charge in [-0.2, -0.15) is 8.42 Å². The number of anilines is 1. The summed E-state index contributed by atoms with van der Waals surface area (Å²) < 4.78 is 40.4. The minimum atomic E-state index is -4.77. The fourth-order valence-electron chi connectivity index (χ4n) is 3.25. The van der Waals surface area contributed by atoms with Gasteiger partial charge in [0.2, 0.25) is 0 Å². The van der Waals surface area contributed by atoms with Crippen LogP contribution in [0.25, 0.3) is 0 Å². The van der Waals surface area contributed by atoms with Gasteiger partial charge < -0.3 is 20.5 Å². The van der Waals surface area contributed by atoms with Crippen molar-refractivity contribution in [1.82, 2.24) is 5.32 Å². The number of ether oxygens (including phenoxy) is 1. The number of carboxylic acids is 1. The highest BCUT2D eigenvalue weighted by molar-refractivity contribution is 7.86. The van der Waals surface area contributed by atoms with Crippen molar-refractivity contribution in [3.63, 3.8) is 0 Å². The van der Waals surface area contributed by atoms with Crippen LogP contribution in [-0.2, 0) is 10.2 Å². The molecule has 2 amide bonds. The Morgan fingerprint density at radius 1 is 0.967 bits per heavy atom. The smallest absolute Gasteiger partial charge is 0.335 e. The maximum atomic E-state index is 12.9. The highest BCUT2D eigenvalue weighted by Crippen LogP contribution is 2.24. The van der Waals surface area contributed by atoms with E-state index in [1.807, 2.05) is 0 Å². The molecule has 2 aromatic carbocycles. The van der Waals surface area contributed by atoms with E-state index in [2.05, 4.69) is 10.6 Å². The number of halogens is 1. The lowest BCUT2D eigenvalue weighted by atomic mass is 9.93. The van der Waals surface area contributed by atoms with Gasteiger partial charge in [0.05, 0.1) is 16.6 Å². The highest BCUT2D eigenvalue weighted by atomic mass is 32.3. The number of aromatic carboxylic acids is 1. The molecule has 1 aliphatic rings. The first kappa shape index (κ1) is 21.6. The number of amides is 2. The molecule has 10 heteroatoms. The van der Waals surface area contributed by atoms with Gasteiger partial charge in [-0.25, -0.2) is 9.59 Å². The van der Waals surface area contributed by atoms with Gasteiger partial charge in [0.25, 0.3) is 0 Å². The molecular formula is C20H21FN2O6S. The number of hydrogen-bond donors (Lipinski definition) is 3. The third-order valence-electron chi connectivity index (χ3n) is 4.81. The molecule has 0 aliphatic heterocycles. The van der Waals surface area contributed by atoms with Gasteiger partial charge in [-0.3, -0.25) is 0 Å². The van der Waals surface area contributed by atoms with Gasteiger partial charge in [-0.1, -0.05) is 0 Å². The van der Waals surface area contributed by atoms with Crippen molar-refractivity contribution in [2.45, 2.75) is 42.7 Å². The van der Waals surface area contributed by atoms with Gasteiger partial charge in [-0.05, 0) is 74.2 Å². The van der Waals surface area contributed by atoms with Gasteiger partial charge >= 0.3 is 22.2 Å². The SMILES string of the molecule is O=C(Nc1ccc(S(=O)(=O)F)cc1)NC1CCC(Oc2ccc(C(=O)O)cc2)CC1. The van der Waals surface area contributed by atoms with E-state index in [9.17, 15) is 21.9 Å². The molecule has 1 saturated carbocycles. The Morgan fingerprint density at radius 3 is 2.10 bits per heavy atom. The van der Waals surface area contributed by atoms with E-state index < -0.39 is 27.1 Å². The number of carboxylic acid groups (broad SMARTS) is 1. The molecule has 0 unspecified atom stereocenters. The first-order valence-corrected chi connectivity index (χ1v) is 10.7. The number of urea groups is 1. The van der Waals surface area contributed by atoms with Crippen LogP contribution < -0.4 is 15.4 Å². The van der Waals surface area contributed by atoms with Crippen molar-refractivity contribution >= 4 is 27.9 Å². The topological polar surface area (TPSA) is 122 Å². The zero-order valence-corrected chi connectivity index (χ0v) is 16.7. The fraction of sp³-hybridized carbons (Fsp3) is 0.300.